The molecule has 0 aliphatic carbocycles. The molecule has 1 aliphatic rings. The van der Waals surface area contributed by atoms with Crippen molar-refractivity contribution < 1.29 is 25.2 Å². The minimum absolute atomic E-state index is 0.0685. The van der Waals surface area contributed by atoms with Gasteiger partial charge in [-0.3, -0.25) is 10.1 Å². The van der Waals surface area contributed by atoms with E-state index in [-0.39, 0.29) is 18.1 Å². The number of aliphatic hydroxyl groups is 4. The quantitative estimate of drug-likeness (QED) is 0.265. The van der Waals surface area contributed by atoms with Crippen LogP contribution in [0.5, 0.6) is 0 Å². The van der Waals surface area contributed by atoms with E-state index in [4.69, 9.17) is 5.11 Å². The van der Waals surface area contributed by atoms with Crippen LogP contribution >= 0.6 is 0 Å². The van der Waals surface area contributed by atoms with Gasteiger partial charge in [0.05, 0.1) is 24.4 Å². The molecule has 1 aliphatic heterocycles. The lowest BCUT2D eigenvalue weighted by molar-refractivity contribution is -0.112. The third-order valence-electron chi connectivity index (χ3n) is 3.37. The first kappa shape index (κ1) is 15.8. The number of carbonyl (C=O) groups excluding carboxylic acids is 1. The molecular formula is C13H21NO5. The van der Waals surface area contributed by atoms with Crippen LogP contribution in [0.15, 0.2) is 23.5 Å². The summed E-state index contributed by atoms with van der Waals surface area (Å²) in [6.45, 7) is 3.86. The highest BCUT2D eigenvalue weighted by molar-refractivity contribution is 5.87. The van der Waals surface area contributed by atoms with Crippen LogP contribution in [-0.4, -0.2) is 56.6 Å². The van der Waals surface area contributed by atoms with Gasteiger partial charge in [-0.25, -0.2) is 0 Å². The molecule has 108 valence electrons. The van der Waals surface area contributed by atoms with Crippen LogP contribution in [0.1, 0.15) is 20.8 Å². The first-order valence-electron chi connectivity index (χ1n) is 6.07. The molecule has 1 saturated heterocycles. The summed E-state index contributed by atoms with van der Waals surface area (Å²) in [7, 11) is 0. The molecule has 0 saturated carbocycles. The minimum Gasteiger partial charge on any atom is -0.512 e. The topological polar surface area (TPSA) is 110 Å². The molecule has 0 aromatic heterocycles. The van der Waals surface area contributed by atoms with Crippen LogP contribution in [0.4, 0.5) is 0 Å². The van der Waals surface area contributed by atoms with Crippen LogP contribution in [0, 0.1) is 0 Å². The summed E-state index contributed by atoms with van der Waals surface area (Å²) >= 11 is 0. The molecule has 0 aromatic carbocycles. The highest BCUT2D eigenvalue weighted by atomic mass is 16.3. The lowest BCUT2D eigenvalue weighted by Crippen LogP contribution is -2.47. The Labute approximate surface area is 112 Å². The summed E-state index contributed by atoms with van der Waals surface area (Å²) in [4.78, 5) is 11.0. The normalized spacial score (nSPS) is 36.6. The lowest BCUT2D eigenvalue weighted by Gasteiger charge is -2.29. The second-order valence-electron chi connectivity index (χ2n) is 5.04. The van der Waals surface area contributed by atoms with Crippen molar-refractivity contribution in [2.45, 2.75) is 44.6 Å². The average molecular weight is 271 g/mol. The van der Waals surface area contributed by atoms with Gasteiger partial charge in [-0.15, -0.1) is 0 Å². The van der Waals surface area contributed by atoms with Crippen molar-refractivity contribution in [1.29, 1.82) is 0 Å². The van der Waals surface area contributed by atoms with Crippen molar-refractivity contribution >= 4 is 5.78 Å². The van der Waals surface area contributed by atoms with Gasteiger partial charge in [0.2, 0.25) is 0 Å². The van der Waals surface area contributed by atoms with E-state index in [2.05, 4.69) is 5.32 Å². The van der Waals surface area contributed by atoms with Gasteiger partial charge in [0.25, 0.3) is 0 Å². The zero-order valence-electron chi connectivity index (χ0n) is 11.3. The molecule has 0 unspecified atom stereocenters. The van der Waals surface area contributed by atoms with E-state index in [1.807, 2.05) is 0 Å². The maximum atomic E-state index is 11.0. The number of aliphatic hydroxyl groups excluding tert-OH is 3. The Morgan fingerprint density at radius 3 is 2.32 bits per heavy atom. The molecule has 0 aromatic rings. The summed E-state index contributed by atoms with van der Waals surface area (Å²) in [6.07, 6.45) is 1.49. The molecule has 1 heterocycles. The van der Waals surface area contributed by atoms with Crippen LogP contribution in [0.2, 0.25) is 0 Å². The maximum absolute atomic E-state index is 11.0. The van der Waals surface area contributed by atoms with Crippen LogP contribution in [0.25, 0.3) is 0 Å². The molecule has 1 rings (SSSR count). The zero-order chi connectivity index (χ0) is 14.8. The number of hydrogen-bond donors (Lipinski definition) is 5. The van der Waals surface area contributed by atoms with Gasteiger partial charge in [0.1, 0.15) is 11.7 Å². The van der Waals surface area contributed by atoms with Crippen LogP contribution in [0.3, 0.4) is 0 Å². The largest absolute Gasteiger partial charge is 0.512 e. The second-order valence-corrected chi connectivity index (χ2v) is 5.04. The van der Waals surface area contributed by atoms with Gasteiger partial charge in [-0.2, -0.15) is 0 Å². The highest BCUT2D eigenvalue weighted by Crippen LogP contribution is 2.31. The van der Waals surface area contributed by atoms with Gasteiger partial charge in [0, 0.05) is 5.57 Å². The van der Waals surface area contributed by atoms with Crippen molar-refractivity contribution in [3.63, 3.8) is 0 Å². The lowest BCUT2D eigenvalue weighted by atomic mass is 9.87. The number of rotatable bonds is 4. The Morgan fingerprint density at radius 1 is 1.37 bits per heavy atom. The van der Waals surface area contributed by atoms with Gasteiger partial charge in [-0.1, -0.05) is 6.08 Å². The molecule has 5 N–H and O–H groups in total. The van der Waals surface area contributed by atoms with Crippen LogP contribution < -0.4 is 5.32 Å². The number of nitrogens with one attached hydrogen (secondary N) is 1. The van der Waals surface area contributed by atoms with E-state index >= 15 is 0 Å². The molecule has 6 nitrogen and oxygen atoms in total. The predicted octanol–water partition coefficient (Wildman–Crippen LogP) is -0.592. The minimum atomic E-state index is -1.56. The summed E-state index contributed by atoms with van der Waals surface area (Å²) < 4.78 is 0. The average Bonchev–Trinajstić information content (AvgIpc) is 2.52. The monoisotopic (exact) mass is 271 g/mol. The number of allylic oxidation sites excluding steroid dienone is 2. The predicted molar refractivity (Wildman–Crippen MR) is 69.6 cm³/mol. The molecular weight excluding hydrogens is 250 g/mol. The molecule has 0 spiro atoms. The van der Waals surface area contributed by atoms with Gasteiger partial charge >= 0.3 is 0 Å². The van der Waals surface area contributed by atoms with Crippen LogP contribution in [-0.2, 0) is 4.79 Å². The Bertz CT molecular complexity index is 409. The third-order valence-corrected chi connectivity index (χ3v) is 3.37. The van der Waals surface area contributed by atoms with Gasteiger partial charge < -0.3 is 20.4 Å². The molecule has 6 heteroatoms. The number of hydrogen-bond acceptors (Lipinski definition) is 6. The van der Waals surface area contributed by atoms with Crippen molar-refractivity contribution in [1.82, 2.24) is 5.32 Å². The van der Waals surface area contributed by atoms with E-state index in [9.17, 15) is 20.1 Å². The first-order valence-corrected chi connectivity index (χ1v) is 6.07. The molecule has 19 heavy (non-hydrogen) atoms. The van der Waals surface area contributed by atoms with E-state index in [0.29, 0.717) is 5.57 Å². The van der Waals surface area contributed by atoms with Crippen molar-refractivity contribution in [3.05, 3.63) is 23.5 Å². The fourth-order valence-electron chi connectivity index (χ4n) is 2.24. The van der Waals surface area contributed by atoms with Crippen molar-refractivity contribution in [2.75, 3.05) is 6.61 Å². The third kappa shape index (κ3) is 3.22. The molecule has 0 radical (unpaired) electrons. The molecule has 1 fully saturated rings. The van der Waals surface area contributed by atoms with Crippen molar-refractivity contribution in [2.24, 2.45) is 0 Å². The summed E-state index contributed by atoms with van der Waals surface area (Å²) in [5.41, 5.74) is -1.26. The van der Waals surface area contributed by atoms with E-state index in [0.717, 1.165) is 0 Å². The van der Waals surface area contributed by atoms with E-state index < -0.39 is 23.8 Å². The SMILES string of the molecule is CC(=O)/C=C\C(=C(/C)O)[C@@H]1N[C@H](CO)[C@@H](O)[C@@]1(C)O. The molecule has 0 bridgehead atoms. The summed E-state index contributed by atoms with van der Waals surface area (Å²) in [6, 6.07) is -1.47. The van der Waals surface area contributed by atoms with Crippen molar-refractivity contribution in [3.8, 4) is 0 Å². The van der Waals surface area contributed by atoms with Gasteiger partial charge in [0.15, 0.2) is 5.78 Å². The van der Waals surface area contributed by atoms with E-state index in [1.165, 1.54) is 32.9 Å². The Hall–Kier alpha value is -1.21. The zero-order valence-corrected chi connectivity index (χ0v) is 11.3. The fraction of sp³-hybridized carbons (Fsp3) is 0.615. The summed E-state index contributed by atoms with van der Waals surface area (Å²) in [5.74, 6) is -0.267. The Morgan fingerprint density at radius 2 is 1.95 bits per heavy atom. The molecule has 0 amide bonds. The van der Waals surface area contributed by atoms with Gasteiger partial charge in [-0.05, 0) is 26.8 Å². The standard InChI is InChI=1S/C13H21NO5/c1-7(16)4-5-9(8(2)17)11-13(3,19)12(18)10(6-15)14-11/h4-5,10-12,14-15,17-19H,6H2,1-3H3/b5-4-,9-8-/t10-,11+,12-,13+/m1/s1. The first-order chi connectivity index (χ1) is 8.71. The maximum Gasteiger partial charge on any atom is 0.152 e. The fourth-order valence-corrected chi connectivity index (χ4v) is 2.24. The number of carbonyl (C=O) groups is 1. The highest BCUT2D eigenvalue weighted by Gasteiger charge is 2.51. The summed E-state index contributed by atoms with van der Waals surface area (Å²) in [5, 5.41) is 41.9. The Kier molecular flexibility index (Phi) is 4.86. The Balaban J connectivity index is 3.12. The smallest absolute Gasteiger partial charge is 0.152 e. The van der Waals surface area contributed by atoms with E-state index in [1.54, 1.807) is 0 Å². The number of ketones is 1. The molecule has 4 atom stereocenters. The second kappa shape index (κ2) is 5.83.